The summed E-state index contributed by atoms with van der Waals surface area (Å²) in [5.74, 6) is 1.17. The normalized spacial score (nSPS) is 13.5. The highest BCUT2D eigenvalue weighted by Gasteiger charge is 2.27. The van der Waals surface area contributed by atoms with Crippen molar-refractivity contribution in [1.29, 1.82) is 0 Å². The molecular formula is C16H18Cl2N2O2. The Labute approximate surface area is 139 Å². The van der Waals surface area contributed by atoms with Gasteiger partial charge in [0.05, 0.1) is 26.3 Å². The molecule has 0 radical (unpaired) electrons. The molecule has 0 saturated carbocycles. The first-order valence-electron chi connectivity index (χ1n) is 6.67. The quantitative estimate of drug-likeness (QED) is 0.870. The maximum atomic E-state index is 6.34. The second kappa shape index (κ2) is 7.20. The number of hydrogen-bond acceptors (Lipinski definition) is 4. The van der Waals surface area contributed by atoms with Crippen LogP contribution in [0.25, 0.3) is 0 Å². The molecule has 6 heteroatoms. The van der Waals surface area contributed by atoms with Crippen LogP contribution in [-0.2, 0) is 0 Å². The first-order valence-corrected chi connectivity index (χ1v) is 7.42. The average molecular weight is 341 g/mol. The molecule has 0 aliphatic heterocycles. The third-order valence-corrected chi connectivity index (χ3v) is 4.18. The van der Waals surface area contributed by atoms with Crippen LogP contribution in [0.2, 0.25) is 10.0 Å². The van der Waals surface area contributed by atoms with Gasteiger partial charge in [-0.15, -0.1) is 0 Å². The molecule has 118 valence electrons. The molecule has 4 nitrogen and oxygen atoms in total. The molecule has 2 unspecified atom stereocenters. The van der Waals surface area contributed by atoms with Crippen molar-refractivity contribution in [1.82, 2.24) is 0 Å². The number of halogens is 2. The Kier molecular flexibility index (Phi) is 5.53. The third kappa shape index (κ3) is 3.15. The van der Waals surface area contributed by atoms with Crippen molar-refractivity contribution in [3.05, 3.63) is 57.6 Å². The molecule has 2 atom stereocenters. The van der Waals surface area contributed by atoms with Crippen molar-refractivity contribution in [2.24, 2.45) is 11.5 Å². The topological polar surface area (TPSA) is 70.5 Å². The van der Waals surface area contributed by atoms with Crippen LogP contribution in [0.5, 0.6) is 11.5 Å². The van der Waals surface area contributed by atoms with Gasteiger partial charge in [0.25, 0.3) is 0 Å². The van der Waals surface area contributed by atoms with E-state index in [1.165, 1.54) is 0 Å². The maximum absolute atomic E-state index is 6.34. The molecule has 0 spiro atoms. The molecule has 0 aromatic heterocycles. The largest absolute Gasteiger partial charge is 0.496 e. The molecule has 0 aliphatic carbocycles. The van der Waals surface area contributed by atoms with Crippen molar-refractivity contribution in [3.8, 4) is 11.5 Å². The predicted molar refractivity (Wildman–Crippen MR) is 89.9 cm³/mol. The van der Waals surface area contributed by atoms with Crippen molar-refractivity contribution >= 4 is 23.2 Å². The van der Waals surface area contributed by atoms with E-state index in [4.69, 9.17) is 44.1 Å². The van der Waals surface area contributed by atoms with Gasteiger partial charge in [0.2, 0.25) is 0 Å². The second-order valence-corrected chi connectivity index (χ2v) is 5.58. The summed E-state index contributed by atoms with van der Waals surface area (Å²) in [6.07, 6.45) is 0. The monoisotopic (exact) mass is 340 g/mol. The number of rotatable bonds is 5. The van der Waals surface area contributed by atoms with Crippen LogP contribution in [0, 0.1) is 0 Å². The lowest BCUT2D eigenvalue weighted by atomic mass is 9.93. The zero-order valence-corrected chi connectivity index (χ0v) is 13.9. The summed E-state index contributed by atoms with van der Waals surface area (Å²) in [7, 11) is 3.12. The highest BCUT2D eigenvalue weighted by Crippen LogP contribution is 2.40. The minimum absolute atomic E-state index is 0.494. The summed E-state index contributed by atoms with van der Waals surface area (Å²) in [6, 6.07) is 9.45. The van der Waals surface area contributed by atoms with E-state index in [1.54, 1.807) is 50.6 Å². The van der Waals surface area contributed by atoms with Crippen LogP contribution >= 0.6 is 23.2 Å². The number of nitrogens with two attached hydrogens (primary N) is 2. The van der Waals surface area contributed by atoms with Gasteiger partial charge in [0.15, 0.2) is 0 Å². The van der Waals surface area contributed by atoms with Gasteiger partial charge in [-0.05, 0) is 24.3 Å². The van der Waals surface area contributed by atoms with Crippen molar-refractivity contribution in [2.75, 3.05) is 14.2 Å². The summed E-state index contributed by atoms with van der Waals surface area (Å²) < 4.78 is 10.7. The fourth-order valence-corrected chi connectivity index (χ4v) is 2.98. The lowest BCUT2D eigenvalue weighted by molar-refractivity contribution is 0.391. The minimum atomic E-state index is -0.600. The van der Waals surface area contributed by atoms with Gasteiger partial charge in [0.1, 0.15) is 11.5 Å². The third-order valence-electron chi connectivity index (χ3n) is 3.52. The molecule has 0 amide bonds. The molecule has 0 heterocycles. The van der Waals surface area contributed by atoms with Crippen LogP contribution in [0.1, 0.15) is 23.2 Å². The Morgan fingerprint density at radius 1 is 0.773 bits per heavy atom. The first kappa shape index (κ1) is 16.9. The van der Waals surface area contributed by atoms with E-state index < -0.39 is 12.1 Å². The van der Waals surface area contributed by atoms with Crippen LogP contribution in [0.3, 0.4) is 0 Å². The van der Waals surface area contributed by atoms with E-state index in [2.05, 4.69) is 0 Å². The Morgan fingerprint density at radius 2 is 1.14 bits per heavy atom. The zero-order chi connectivity index (χ0) is 16.3. The second-order valence-electron chi connectivity index (χ2n) is 4.76. The summed E-state index contributed by atoms with van der Waals surface area (Å²) in [6.45, 7) is 0. The Bertz CT molecular complexity index is 607. The summed E-state index contributed by atoms with van der Waals surface area (Å²) >= 11 is 12.5. The number of methoxy groups -OCH3 is 2. The Balaban J connectivity index is 2.49. The van der Waals surface area contributed by atoms with Crippen LogP contribution in [0.15, 0.2) is 36.4 Å². The summed E-state index contributed by atoms with van der Waals surface area (Å²) in [5, 5.41) is 0.988. The number of benzene rings is 2. The van der Waals surface area contributed by atoms with Crippen LogP contribution < -0.4 is 20.9 Å². The van der Waals surface area contributed by atoms with Gasteiger partial charge < -0.3 is 20.9 Å². The molecule has 2 aromatic rings. The first-order chi connectivity index (χ1) is 10.5. The van der Waals surface area contributed by atoms with Crippen molar-refractivity contribution < 1.29 is 9.47 Å². The smallest absolute Gasteiger partial charge is 0.125 e. The molecule has 2 rings (SSSR count). The zero-order valence-electron chi connectivity index (χ0n) is 12.3. The maximum Gasteiger partial charge on any atom is 0.125 e. The SMILES string of the molecule is COc1cccc(Cl)c1C(N)C(N)c1c(Cl)cccc1OC. The summed E-state index contributed by atoms with van der Waals surface area (Å²) in [4.78, 5) is 0. The summed E-state index contributed by atoms with van der Waals surface area (Å²) in [5.41, 5.74) is 14.0. The lowest BCUT2D eigenvalue weighted by Gasteiger charge is -2.25. The van der Waals surface area contributed by atoms with E-state index in [-0.39, 0.29) is 0 Å². The Hall–Kier alpha value is -1.46. The molecular weight excluding hydrogens is 323 g/mol. The fraction of sp³-hybridized carbons (Fsp3) is 0.250. The van der Waals surface area contributed by atoms with Crippen LogP contribution in [-0.4, -0.2) is 14.2 Å². The van der Waals surface area contributed by atoms with Crippen molar-refractivity contribution in [2.45, 2.75) is 12.1 Å². The Morgan fingerprint density at radius 3 is 1.45 bits per heavy atom. The molecule has 2 aromatic carbocycles. The fourth-order valence-electron chi connectivity index (χ4n) is 2.40. The van der Waals surface area contributed by atoms with Gasteiger partial charge >= 0.3 is 0 Å². The van der Waals surface area contributed by atoms with Gasteiger partial charge in [-0.2, -0.15) is 0 Å². The van der Waals surface area contributed by atoms with E-state index in [0.29, 0.717) is 32.7 Å². The van der Waals surface area contributed by atoms with E-state index in [1.807, 2.05) is 0 Å². The molecule has 0 bridgehead atoms. The molecule has 22 heavy (non-hydrogen) atoms. The van der Waals surface area contributed by atoms with E-state index in [0.717, 1.165) is 0 Å². The highest BCUT2D eigenvalue weighted by molar-refractivity contribution is 6.32. The van der Waals surface area contributed by atoms with Crippen molar-refractivity contribution in [3.63, 3.8) is 0 Å². The predicted octanol–water partition coefficient (Wildman–Crippen LogP) is 3.71. The minimum Gasteiger partial charge on any atom is -0.496 e. The van der Waals surface area contributed by atoms with E-state index in [9.17, 15) is 0 Å². The molecule has 0 fully saturated rings. The van der Waals surface area contributed by atoms with Gasteiger partial charge in [-0.3, -0.25) is 0 Å². The van der Waals surface area contributed by atoms with E-state index >= 15 is 0 Å². The molecule has 4 N–H and O–H groups in total. The molecule has 0 aliphatic rings. The van der Waals surface area contributed by atoms with Gasteiger partial charge in [-0.1, -0.05) is 35.3 Å². The number of ether oxygens (including phenoxy) is 2. The van der Waals surface area contributed by atoms with Crippen LogP contribution in [0.4, 0.5) is 0 Å². The molecule has 0 saturated heterocycles. The average Bonchev–Trinajstić information content (AvgIpc) is 2.52. The number of hydrogen-bond donors (Lipinski definition) is 2. The standard InChI is InChI=1S/C16H18Cl2N2O2/c1-21-11-7-3-5-9(17)13(11)15(19)16(20)14-10(18)6-4-8-12(14)22-2/h3-8,15-16H,19-20H2,1-2H3. The lowest BCUT2D eigenvalue weighted by Crippen LogP contribution is -2.28. The van der Waals surface area contributed by atoms with Gasteiger partial charge in [0, 0.05) is 21.2 Å². The van der Waals surface area contributed by atoms with Gasteiger partial charge in [-0.25, -0.2) is 0 Å². The highest BCUT2D eigenvalue weighted by atomic mass is 35.5.